The van der Waals surface area contributed by atoms with Gasteiger partial charge in [0.2, 0.25) is 5.82 Å². The van der Waals surface area contributed by atoms with Gasteiger partial charge in [0, 0.05) is 10.7 Å². The molecule has 6 nitrogen and oxygen atoms in total. The lowest BCUT2D eigenvalue weighted by atomic mass is 9.93. The molecule has 2 aromatic carbocycles. The van der Waals surface area contributed by atoms with E-state index in [4.69, 9.17) is 16.1 Å². The highest BCUT2D eigenvalue weighted by Crippen LogP contribution is 2.39. The van der Waals surface area contributed by atoms with E-state index in [0.717, 1.165) is 22.4 Å². The minimum atomic E-state index is -0.427. The van der Waals surface area contributed by atoms with E-state index in [1.807, 2.05) is 48.7 Å². The van der Waals surface area contributed by atoms with E-state index in [1.54, 1.807) is 28.4 Å². The summed E-state index contributed by atoms with van der Waals surface area (Å²) in [6.45, 7) is 4.01. The number of anilines is 1. The number of benzene rings is 2. The van der Waals surface area contributed by atoms with Crippen LogP contribution < -0.4 is 10.2 Å². The fourth-order valence-corrected chi connectivity index (χ4v) is 4.73. The number of nitrogens with one attached hydrogen (secondary N) is 1. The number of hydrogen-bond donors (Lipinski definition) is 1. The highest BCUT2D eigenvalue weighted by atomic mass is 35.5. The van der Waals surface area contributed by atoms with Crippen molar-refractivity contribution in [3.8, 4) is 10.7 Å². The standard InChI is InChI=1S/C25H21ClN4O2S/c1-3-16-6-8-17(9-7-16)22-21(24-28-23(29-32-24)20-5-4-14-33-20)15(2)30(25(31)27-22)19-12-10-18(26)11-13-19/h4-14,22H,3H2,1-2H3,(H,27,31). The second-order valence-corrected chi connectivity index (χ2v) is 9.07. The Labute approximate surface area is 200 Å². The van der Waals surface area contributed by atoms with Gasteiger partial charge < -0.3 is 9.84 Å². The zero-order valence-corrected chi connectivity index (χ0v) is 19.7. The quantitative estimate of drug-likeness (QED) is 0.347. The smallest absolute Gasteiger partial charge is 0.326 e. The second-order valence-electron chi connectivity index (χ2n) is 7.69. The van der Waals surface area contributed by atoms with Crippen molar-refractivity contribution in [1.29, 1.82) is 0 Å². The molecule has 3 heterocycles. The Bertz CT molecular complexity index is 1310. The lowest BCUT2D eigenvalue weighted by molar-refractivity contribution is 0.244. The van der Waals surface area contributed by atoms with Gasteiger partial charge in [-0.05, 0) is 60.2 Å². The zero-order valence-electron chi connectivity index (χ0n) is 18.1. The van der Waals surface area contributed by atoms with Crippen LogP contribution in [0.15, 0.2) is 76.3 Å². The van der Waals surface area contributed by atoms with E-state index in [9.17, 15) is 4.79 Å². The largest absolute Gasteiger partial charge is 0.334 e. The lowest BCUT2D eigenvalue weighted by Gasteiger charge is -2.35. The molecule has 1 atom stereocenters. The molecule has 166 valence electrons. The molecule has 1 aliphatic rings. The van der Waals surface area contributed by atoms with Crippen LogP contribution in [0.3, 0.4) is 0 Å². The van der Waals surface area contributed by atoms with Crippen LogP contribution in [-0.4, -0.2) is 16.2 Å². The first-order valence-corrected chi connectivity index (χ1v) is 11.8. The molecule has 33 heavy (non-hydrogen) atoms. The molecule has 4 aromatic rings. The van der Waals surface area contributed by atoms with Crippen LogP contribution in [0.5, 0.6) is 0 Å². The Hall–Kier alpha value is -3.42. The molecule has 2 amide bonds. The van der Waals surface area contributed by atoms with Crippen molar-refractivity contribution in [2.45, 2.75) is 26.3 Å². The van der Waals surface area contributed by atoms with Gasteiger partial charge in [0.15, 0.2) is 0 Å². The summed E-state index contributed by atoms with van der Waals surface area (Å²) in [4.78, 5) is 20.5. The predicted octanol–water partition coefficient (Wildman–Crippen LogP) is 6.72. The Morgan fingerprint density at radius 3 is 2.55 bits per heavy atom. The number of nitrogens with zero attached hydrogens (tertiary/aromatic N) is 3. The van der Waals surface area contributed by atoms with E-state index in [-0.39, 0.29) is 6.03 Å². The average Bonchev–Trinajstić information content (AvgIpc) is 3.52. The van der Waals surface area contributed by atoms with Crippen molar-refractivity contribution in [1.82, 2.24) is 15.5 Å². The molecule has 0 spiro atoms. The van der Waals surface area contributed by atoms with Gasteiger partial charge >= 0.3 is 6.03 Å². The maximum atomic E-state index is 13.2. The summed E-state index contributed by atoms with van der Waals surface area (Å²) in [5, 5.41) is 9.89. The molecular formula is C25H21ClN4O2S. The number of carbonyl (C=O) groups excluding carboxylic acids is 1. The Morgan fingerprint density at radius 1 is 1.12 bits per heavy atom. The van der Waals surface area contributed by atoms with Gasteiger partial charge in [0.05, 0.1) is 22.2 Å². The molecule has 0 bridgehead atoms. The lowest BCUT2D eigenvalue weighted by Crippen LogP contribution is -2.46. The van der Waals surface area contributed by atoms with Crippen molar-refractivity contribution in [3.63, 3.8) is 0 Å². The molecular weight excluding hydrogens is 456 g/mol. The number of halogens is 1. The number of aromatic nitrogens is 2. The van der Waals surface area contributed by atoms with E-state index >= 15 is 0 Å². The minimum Gasteiger partial charge on any atom is -0.334 e. The van der Waals surface area contributed by atoms with E-state index in [2.05, 4.69) is 34.5 Å². The SMILES string of the molecule is CCc1ccc(C2NC(=O)N(c3ccc(Cl)cc3)C(C)=C2c2nc(-c3cccs3)no2)cc1. The Balaban J connectivity index is 1.64. The molecule has 5 rings (SSSR count). The fourth-order valence-electron chi connectivity index (χ4n) is 3.96. The van der Waals surface area contributed by atoms with Crippen LogP contribution in [-0.2, 0) is 6.42 Å². The van der Waals surface area contributed by atoms with E-state index in [1.165, 1.54) is 5.56 Å². The molecule has 0 radical (unpaired) electrons. The van der Waals surface area contributed by atoms with Gasteiger partial charge in [-0.15, -0.1) is 11.3 Å². The summed E-state index contributed by atoms with van der Waals surface area (Å²) >= 11 is 7.61. The van der Waals surface area contributed by atoms with Crippen LogP contribution in [0.25, 0.3) is 16.3 Å². The van der Waals surface area contributed by atoms with Crippen molar-refractivity contribution in [3.05, 3.63) is 93.8 Å². The van der Waals surface area contributed by atoms with Crippen molar-refractivity contribution >= 4 is 40.2 Å². The van der Waals surface area contributed by atoms with Crippen LogP contribution in [0.1, 0.15) is 36.9 Å². The van der Waals surface area contributed by atoms with Gasteiger partial charge in [0.1, 0.15) is 0 Å². The molecule has 0 aliphatic carbocycles. The van der Waals surface area contributed by atoms with Gasteiger partial charge in [0.25, 0.3) is 5.89 Å². The Morgan fingerprint density at radius 2 is 1.88 bits per heavy atom. The summed E-state index contributed by atoms with van der Waals surface area (Å²) in [6.07, 6.45) is 0.942. The van der Waals surface area contributed by atoms with Crippen molar-refractivity contribution < 1.29 is 9.32 Å². The van der Waals surface area contributed by atoms with Gasteiger partial charge in [-0.2, -0.15) is 4.98 Å². The number of carbonyl (C=O) groups is 1. The summed E-state index contributed by atoms with van der Waals surface area (Å²) in [6, 6.07) is 18.6. The third-order valence-corrected chi connectivity index (χ3v) is 6.81. The molecule has 2 aromatic heterocycles. The maximum Gasteiger partial charge on any atom is 0.326 e. The topological polar surface area (TPSA) is 71.3 Å². The van der Waals surface area contributed by atoms with E-state index < -0.39 is 6.04 Å². The molecule has 0 saturated carbocycles. The van der Waals surface area contributed by atoms with Gasteiger partial charge in [-0.25, -0.2) is 4.79 Å². The number of rotatable bonds is 5. The number of urea groups is 1. The first-order chi connectivity index (χ1) is 16.0. The monoisotopic (exact) mass is 476 g/mol. The first kappa shape index (κ1) is 21.4. The summed E-state index contributed by atoms with van der Waals surface area (Å²) in [5.74, 6) is 0.898. The second kappa shape index (κ2) is 8.84. The number of thiophene rings is 1. The van der Waals surface area contributed by atoms with Crippen molar-refractivity contribution in [2.75, 3.05) is 4.90 Å². The van der Waals surface area contributed by atoms with Gasteiger partial charge in [-0.3, -0.25) is 4.90 Å². The minimum absolute atomic E-state index is 0.235. The van der Waals surface area contributed by atoms with E-state index in [0.29, 0.717) is 28.1 Å². The number of amides is 2. The molecule has 0 saturated heterocycles. The summed E-state index contributed by atoms with van der Waals surface area (Å²) in [5.41, 5.74) is 4.34. The Kier molecular flexibility index (Phi) is 5.74. The van der Waals surface area contributed by atoms with Crippen LogP contribution >= 0.6 is 22.9 Å². The normalized spacial score (nSPS) is 16.3. The molecule has 1 N–H and O–H groups in total. The summed E-state index contributed by atoms with van der Waals surface area (Å²) in [7, 11) is 0. The first-order valence-electron chi connectivity index (χ1n) is 10.6. The zero-order chi connectivity index (χ0) is 22.9. The van der Waals surface area contributed by atoms with Crippen LogP contribution in [0.4, 0.5) is 10.5 Å². The fraction of sp³-hybridized carbons (Fsp3) is 0.160. The predicted molar refractivity (Wildman–Crippen MR) is 131 cm³/mol. The maximum absolute atomic E-state index is 13.2. The highest BCUT2D eigenvalue weighted by molar-refractivity contribution is 7.13. The molecule has 1 unspecified atom stereocenters. The number of hydrogen-bond acceptors (Lipinski definition) is 5. The molecule has 8 heteroatoms. The van der Waals surface area contributed by atoms with Crippen LogP contribution in [0.2, 0.25) is 5.02 Å². The molecule has 1 aliphatic heterocycles. The average molecular weight is 477 g/mol. The molecule has 0 fully saturated rings. The third kappa shape index (κ3) is 4.05. The third-order valence-electron chi connectivity index (χ3n) is 5.69. The highest BCUT2D eigenvalue weighted by Gasteiger charge is 2.36. The van der Waals surface area contributed by atoms with Crippen molar-refractivity contribution in [2.24, 2.45) is 0 Å². The van der Waals surface area contributed by atoms with Crippen LogP contribution in [0, 0.1) is 0 Å². The number of allylic oxidation sites excluding steroid dienone is 1. The van der Waals surface area contributed by atoms with Gasteiger partial charge in [-0.1, -0.05) is 54.0 Å². The summed E-state index contributed by atoms with van der Waals surface area (Å²) < 4.78 is 5.72. The number of aryl methyl sites for hydroxylation is 1.